The molecule has 104 valence electrons. The van der Waals surface area contributed by atoms with Crippen LogP contribution in [0.4, 0.5) is 5.69 Å². The molecule has 0 aliphatic carbocycles. The minimum absolute atomic E-state index is 0.128. The number of hydrogen-bond donors (Lipinski definition) is 1. The molecule has 3 rings (SSSR count). The molecule has 0 radical (unpaired) electrons. The third-order valence-corrected chi connectivity index (χ3v) is 4.57. The van der Waals surface area contributed by atoms with Gasteiger partial charge in [0.25, 0.3) is 5.91 Å². The highest BCUT2D eigenvalue weighted by Gasteiger charge is 2.31. The number of amides is 1. The molecule has 0 spiro atoms. The number of carbonyl (C=O) groups excluding carboxylic acids is 1. The van der Waals surface area contributed by atoms with Crippen LogP contribution in [0.15, 0.2) is 41.1 Å². The number of carbonyl (C=O) groups is 1. The molecule has 1 fully saturated rings. The molecular formula is C16H18N2OS. The molecule has 4 heteroatoms. The summed E-state index contributed by atoms with van der Waals surface area (Å²) in [6, 6.07) is 10.1. The van der Waals surface area contributed by atoms with Crippen LogP contribution in [0.2, 0.25) is 0 Å². The molecule has 1 saturated heterocycles. The van der Waals surface area contributed by atoms with Gasteiger partial charge in [-0.1, -0.05) is 12.1 Å². The monoisotopic (exact) mass is 286 g/mol. The first-order chi connectivity index (χ1) is 9.81. The van der Waals surface area contributed by atoms with E-state index in [-0.39, 0.29) is 11.9 Å². The summed E-state index contributed by atoms with van der Waals surface area (Å²) in [5.74, 6) is 0.128. The number of rotatable bonds is 3. The van der Waals surface area contributed by atoms with Crippen LogP contribution >= 0.6 is 11.3 Å². The van der Waals surface area contributed by atoms with Crippen molar-refractivity contribution in [1.82, 2.24) is 4.90 Å². The number of benzene rings is 1. The number of anilines is 1. The lowest BCUT2D eigenvalue weighted by Crippen LogP contribution is -2.30. The zero-order chi connectivity index (χ0) is 13.9. The summed E-state index contributed by atoms with van der Waals surface area (Å²) >= 11 is 1.69. The molecule has 1 aromatic carbocycles. The first-order valence-corrected chi connectivity index (χ1v) is 7.85. The van der Waals surface area contributed by atoms with Crippen molar-refractivity contribution < 1.29 is 4.79 Å². The van der Waals surface area contributed by atoms with E-state index in [9.17, 15) is 4.79 Å². The maximum Gasteiger partial charge on any atom is 0.256 e. The van der Waals surface area contributed by atoms with E-state index in [4.69, 9.17) is 0 Å². The number of nitrogens with one attached hydrogen (secondary N) is 1. The fraction of sp³-hybridized carbons (Fsp3) is 0.312. The Bertz CT molecular complexity index is 594. The van der Waals surface area contributed by atoms with Crippen molar-refractivity contribution in [2.75, 3.05) is 18.9 Å². The average Bonchev–Trinajstić information content (AvgIpc) is 3.16. The normalized spacial score (nSPS) is 18.2. The lowest BCUT2D eigenvalue weighted by Gasteiger charge is -2.25. The van der Waals surface area contributed by atoms with Crippen LogP contribution in [-0.2, 0) is 0 Å². The van der Waals surface area contributed by atoms with Crippen LogP contribution in [-0.4, -0.2) is 24.4 Å². The van der Waals surface area contributed by atoms with E-state index in [0.29, 0.717) is 0 Å². The topological polar surface area (TPSA) is 32.3 Å². The highest BCUT2D eigenvalue weighted by Crippen LogP contribution is 2.34. The van der Waals surface area contributed by atoms with Crippen LogP contribution < -0.4 is 5.32 Å². The Hall–Kier alpha value is -1.81. The van der Waals surface area contributed by atoms with E-state index in [1.807, 2.05) is 36.2 Å². The van der Waals surface area contributed by atoms with Crippen LogP contribution in [0.3, 0.4) is 0 Å². The Morgan fingerprint density at radius 2 is 2.20 bits per heavy atom. The maximum atomic E-state index is 12.8. The number of nitrogens with zero attached hydrogens (tertiary/aromatic N) is 1. The van der Waals surface area contributed by atoms with Gasteiger partial charge in [-0.15, -0.1) is 0 Å². The second kappa shape index (κ2) is 5.67. The smallest absolute Gasteiger partial charge is 0.256 e. The predicted molar refractivity (Wildman–Crippen MR) is 83.3 cm³/mol. The Morgan fingerprint density at radius 1 is 1.35 bits per heavy atom. The largest absolute Gasteiger partial charge is 0.387 e. The first-order valence-electron chi connectivity index (χ1n) is 6.91. The van der Waals surface area contributed by atoms with Crippen molar-refractivity contribution in [2.24, 2.45) is 0 Å². The fourth-order valence-electron chi connectivity index (χ4n) is 2.86. The Balaban J connectivity index is 1.90. The molecule has 1 unspecified atom stereocenters. The predicted octanol–water partition coefficient (Wildman–Crippen LogP) is 3.77. The van der Waals surface area contributed by atoms with Crippen molar-refractivity contribution in [1.29, 1.82) is 0 Å². The fourth-order valence-corrected chi connectivity index (χ4v) is 3.57. The molecule has 2 aromatic rings. The molecule has 1 aliphatic rings. The Morgan fingerprint density at radius 3 is 2.95 bits per heavy atom. The minimum Gasteiger partial charge on any atom is -0.387 e. The van der Waals surface area contributed by atoms with Crippen molar-refractivity contribution in [3.05, 3.63) is 52.2 Å². The summed E-state index contributed by atoms with van der Waals surface area (Å²) in [5, 5.41) is 7.34. The molecule has 1 amide bonds. The summed E-state index contributed by atoms with van der Waals surface area (Å²) in [5.41, 5.74) is 2.92. The lowest BCUT2D eigenvalue weighted by atomic mass is 10.1. The van der Waals surface area contributed by atoms with E-state index in [1.165, 1.54) is 5.56 Å². The minimum atomic E-state index is 0.128. The highest BCUT2D eigenvalue weighted by atomic mass is 32.1. The molecule has 1 aliphatic heterocycles. The van der Waals surface area contributed by atoms with Gasteiger partial charge in [0.2, 0.25) is 0 Å². The molecule has 20 heavy (non-hydrogen) atoms. The SMILES string of the molecule is CNc1ccccc1C(=O)N1CCCC1c1ccsc1. The second-order valence-electron chi connectivity index (χ2n) is 5.01. The van der Waals surface area contributed by atoms with Gasteiger partial charge in [-0.2, -0.15) is 11.3 Å². The van der Waals surface area contributed by atoms with E-state index < -0.39 is 0 Å². The van der Waals surface area contributed by atoms with Gasteiger partial charge in [-0.3, -0.25) is 4.79 Å². The highest BCUT2D eigenvalue weighted by molar-refractivity contribution is 7.07. The van der Waals surface area contributed by atoms with Gasteiger partial charge in [0.15, 0.2) is 0 Å². The molecule has 1 atom stereocenters. The first kappa shape index (κ1) is 13.2. The Kier molecular flexibility index (Phi) is 3.74. The number of hydrogen-bond acceptors (Lipinski definition) is 3. The van der Waals surface area contributed by atoms with E-state index in [0.717, 1.165) is 30.6 Å². The molecule has 3 nitrogen and oxygen atoms in total. The van der Waals surface area contributed by atoms with Crippen molar-refractivity contribution in [2.45, 2.75) is 18.9 Å². The molecule has 2 heterocycles. The molecule has 1 aromatic heterocycles. The summed E-state index contributed by atoms with van der Waals surface area (Å²) in [4.78, 5) is 14.8. The molecular weight excluding hydrogens is 268 g/mol. The van der Waals surface area contributed by atoms with Gasteiger partial charge in [-0.05, 0) is 47.4 Å². The number of thiophene rings is 1. The van der Waals surface area contributed by atoms with Crippen molar-refractivity contribution in [3.8, 4) is 0 Å². The lowest BCUT2D eigenvalue weighted by molar-refractivity contribution is 0.0737. The van der Waals surface area contributed by atoms with Gasteiger partial charge >= 0.3 is 0 Å². The van der Waals surface area contributed by atoms with E-state index in [2.05, 4.69) is 22.1 Å². The summed E-state index contributed by atoms with van der Waals surface area (Å²) in [6.45, 7) is 0.845. The third kappa shape index (κ3) is 2.31. The van der Waals surface area contributed by atoms with Gasteiger partial charge in [0, 0.05) is 19.3 Å². The van der Waals surface area contributed by atoms with Crippen molar-refractivity contribution in [3.63, 3.8) is 0 Å². The van der Waals surface area contributed by atoms with Crippen LogP contribution in [0.25, 0.3) is 0 Å². The Labute approximate surface area is 123 Å². The van der Waals surface area contributed by atoms with Crippen molar-refractivity contribution >= 4 is 22.9 Å². The van der Waals surface area contributed by atoms with Crippen LogP contribution in [0, 0.1) is 0 Å². The molecule has 1 N–H and O–H groups in total. The summed E-state index contributed by atoms with van der Waals surface area (Å²) in [7, 11) is 1.85. The standard InChI is InChI=1S/C16H18N2OS/c1-17-14-6-3-2-5-13(14)16(19)18-9-4-7-15(18)12-8-10-20-11-12/h2-3,5-6,8,10-11,15,17H,4,7,9H2,1H3. The van der Waals surface area contributed by atoms with E-state index >= 15 is 0 Å². The average molecular weight is 286 g/mol. The maximum absolute atomic E-state index is 12.8. The van der Waals surface area contributed by atoms with E-state index in [1.54, 1.807) is 11.3 Å². The molecule has 0 saturated carbocycles. The van der Waals surface area contributed by atoms with Crippen LogP contribution in [0.1, 0.15) is 34.8 Å². The number of likely N-dealkylation sites (tertiary alicyclic amines) is 1. The third-order valence-electron chi connectivity index (χ3n) is 3.87. The summed E-state index contributed by atoms with van der Waals surface area (Å²) in [6.07, 6.45) is 2.14. The van der Waals surface area contributed by atoms with Gasteiger partial charge in [0.05, 0.1) is 11.6 Å². The van der Waals surface area contributed by atoms with Gasteiger partial charge in [-0.25, -0.2) is 0 Å². The van der Waals surface area contributed by atoms with Crippen LogP contribution in [0.5, 0.6) is 0 Å². The second-order valence-corrected chi connectivity index (χ2v) is 5.79. The van der Waals surface area contributed by atoms with Gasteiger partial charge in [0.1, 0.15) is 0 Å². The van der Waals surface area contributed by atoms with Gasteiger partial charge < -0.3 is 10.2 Å². The number of para-hydroxylation sites is 1. The quantitative estimate of drug-likeness (QED) is 0.931. The zero-order valence-corrected chi connectivity index (χ0v) is 12.3. The molecule has 0 bridgehead atoms. The summed E-state index contributed by atoms with van der Waals surface area (Å²) < 4.78 is 0. The zero-order valence-electron chi connectivity index (χ0n) is 11.5.